The van der Waals surface area contributed by atoms with E-state index in [0.717, 1.165) is 11.3 Å². The van der Waals surface area contributed by atoms with Gasteiger partial charge in [0.15, 0.2) is 6.61 Å². The zero-order chi connectivity index (χ0) is 19.1. The van der Waals surface area contributed by atoms with Crippen LogP contribution in [0.2, 0.25) is 0 Å². The summed E-state index contributed by atoms with van der Waals surface area (Å²) in [5.74, 6) is -0.742. The molecule has 3 rings (SSSR count). The number of carbonyl (C=O) groups is 2. The van der Waals surface area contributed by atoms with Crippen LogP contribution < -0.4 is 0 Å². The van der Waals surface area contributed by atoms with Gasteiger partial charge in [-0.2, -0.15) is 5.10 Å². The quantitative estimate of drug-likeness (QED) is 0.605. The van der Waals surface area contributed by atoms with Gasteiger partial charge in [-0.3, -0.25) is 4.79 Å². The molecule has 0 atom stereocenters. The summed E-state index contributed by atoms with van der Waals surface area (Å²) in [7, 11) is 0. The zero-order valence-corrected chi connectivity index (χ0v) is 15.1. The predicted octanol–water partition coefficient (Wildman–Crippen LogP) is 3.08. The SMILES string of the molecule is CCN(Cc1ccccc1)C(=O)COC(=O)c1ccc(-n2cccn2)cc1. The molecule has 0 radical (unpaired) electrons. The van der Waals surface area contributed by atoms with Gasteiger partial charge in [-0.05, 0) is 42.8 Å². The Hall–Kier alpha value is -3.41. The fourth-order valence-corrected chi connectivity index (χ4v) is 2.65. The normalized spacial score (nSPS) is 10.4. The lowest BCUT2D eigenvalue weighted by molar-refractivity contribution is -0.134. The second-order valence-electron chi connectivity index (χ2n) is 5.97. The lowest BCUT2D eigenvalue weighted by atomic mass is 10.2. The maximum atomic E-state index is 12.4. The average Bonchev–Trinajstić information content (AvgIpc) is 3.25. The molecule has 0 bridgehead atoms. The van der Waals surface area contributed by atoms with Crippen molar-refractivity contribution >= 4 is 11.9 Å². The fraction of sp³-hybridized carbons (Fsp3) is 0.190. The Morgan fingerprint density at radius 1 is 1.04 bits per heavy atom. The van der Waals surface area contributed by atoms with Crippen molar-refractivity contribution in [3.63, 3.8) is 0 Å². The standard InChI is InChI=1S/C21H21N3O3/c1-2-23(15-17-7-4-3-5-8-17)20(25)16-27-21(26)18-9-11-19(12-10-18)24-14-6-13-22-24/h3-14H,2,15-16H2,1H3. The van der Waals surface area contributed by atoms with Gasteiger partial charge in [0.05, 0.1) is 11.3 Å². The number of amides is 1. The summed E-state index contributed by atoms with van der Waals surface area (Å²) in [6.45, 7) is 2.66. The largest absolute Gasteiger partial charge is 0.452 e. The fourth-order valence-electron chi connectivity index (χ4n) is 2.65. The second kappa shape index (κ2) is 8.80. The van der Waals surface area contributed by atoms with Crippen LogP contribution >= 0.6 is 0 Å². The van der Waals surface area contributed by atoms with Gasteiger partial charge in [0.2, 0.25) is 0 Å². The summed E-state index contributed by atoms with van der Waals surface area (Å²) in [4.78, 5) is 26.2. The van der Waals surface area contributed by atoms with Gasteiger partial charge >= 0.3 is 5.97 Å². The van der Waals surface area contributed by atoms with Crippen LogP contribution in [-0.2, 0) is 16.1 Å². The maximum absolute atomic E-state index is 12.4. The Labute approximate surface area is 158 Å². The molecule has 0 aliphatic rings. The van der Waals surface area contributed by atoms with Crippen LogP contribution in [0.3, 0.4) is 0 Å². The van der Waals surface area contributed by atoms with Gasteiger partial charge in [-0.15, -0.1) is 0 Å². The number of likely N-dealkylation sites (N-methyl/N-ethyl adjacent to an activating group) is 1. The van der Waals surface area contributed by atoms with Crippen LogP contribution in [0.15, 0.2) is 73.1 Å². The Morgan fingerprint density at radius 2 is 1.78 bits per heavy atom. The monoisotopic (exact) mass is 363 g/mol. The minimum atomic E-state index is -0.522. The molecule has 3 aromatic rings. The molecule has 138 valence electrons. The van der Waals surface area contributed by atoms with Gasteiger partial charge in [0.1, 0.15) is 0 Å². The van der Waals surface area contributed by atoms with Crippen molar-refractivity contribution < 1.29 is 14.3 Å². The van der Waals surface area contributed by atoms with Crippen LogP contribution in [0.4, 0.5) is 0 Å². The average molecular weight is 363 g/mol. The van der Waals surface area contributed by atoms with Crippen molar-refractivity contribution in [3.05, 3.63) is 84.2 Å². The Morgan fingerprint density at radius 3 is 2.41 bits per heavy atom. The summed E-state index contributed by atoms with van der Waals surface area (Å²) >= 11 is 0. The number of esters is 1. The number of carbonyl (C=O) groups excluding carboxylic acids is 2. The lowest BCUT2D eigenvalue weighted by Crippen LogP contribution is -2.34. The molecule has 6 nitrogen and oxygen atoms in total. The molecule has 0 aliphatic carbocycles. The number of hydrogen-bond donors (Lipinski definition) is 0. The molecule has 0 spiro atoms. The van der Waals surface area contributed by atoms with Crippen LogP contribution in [-0.4, -0.2) is 39.7 Å². The van der Waals surface area contributed by atoms with E-state index < -0.39 is 5.97 Å². The molecule has 1 amide bonds. The van der Waals surface area contributed by atoms with E-state index in [2.05, 4.69) is 5.10 Å². The van der Waals surface area contributed by atoms with E-state index in [1.165, 1.54) is 0 Å². The summed E-state index contributed by atoms with van der Waals surface area (Å²) in [6.07, 6.45) is 3.50. The van der Waals surface area contributed by atoms with Crippen molar-refractivity contribution in [3.8, 4) is 5.69 Å². The Kier molecular flexibility index (Phi) is 5.99. The predicted molar refractivity (Wildman–Crippen MR) is 101 cm³/mol. The molecule has 0 fully saturated rings. The van der Waals surface area contributed by atoms with Crippen molar-refractivity contribution in [1.82, 2.24) is 14.7 Å². The molecule has 1 aromatic heterocycles. The molecule has 0 saturated heterocycles. The highest BCUT2D eigenvalue weighted by Crippen LogP contribution is 2.10. The topological polar surface area (TPSA) is 64.4 Å². The molecule has 2 aromatic carbocycles. The van der Waals surface area contributed by atoms with E-state index in [4.69, 9.17) is 4.74 Å². The van der Waals surface area contributed by atoms with Crippen molar-refractivity contribution in [2.75, 3.05) is 13.2 Å². The summed E-state index contributed by atoms with van der Waals surface area (Å²) in [5, 5.41) is 4.13. The third kappa shape index (κ3) is 4.82. The van der Waals surface area contributed by atoms with E-state index in [0.29, 0.717) is 18.7 Å². The molecular formula is C21H21N3O3. The van der Waals surface area contributed by atoms with E-state index in [1.54, 1.807) is 40.0 Å². The number of aromatic nitrogens is 2. The third-order valence-corrected chi connectivity index (χ3v) is 4.15. The number of nitrogens with zero attached hydrogens (tertiary/aromatic N) is 3. The van der Waals surface area contributed by atoms with Crippen molar-refractivity contribution in [2.24, 2.45) is 0 Å². The van der Waals surface area contributed by atoms with Gasteiger partial charge in [-0.1, -0.05) is 30.3 Å². The number of rotatable bonds is 7. The van der Waals surface area contributed by atoms with Crippen LogP contribution in [0.25, 0.3) is 5.69 Å². The number of benzene rings is 2. The minimum Gasteiger partial charge on any atom is -0.452 e. The van der Waals surface area contributed by atoms with Gasteiger partial charge in [0.25, 0.3) is 5.91 Å². The minimum absolute atomic E-state index is 0.220. The first-order chi connectivity index (χ1) is 13.2. The molecule has 27 heavy (non-hydrogen) atoms. The molecule has 0 N–H and O–H groups in total. The molecule has 0 aliphatic heterocycles. The van der Waals surface area contributed by atoms with Crippen LogP contribution in [0, 0.1) is 0 Å². The molecule has 0 unspecified atom stereocenters. The molecule has 6 heteroatoms. The van der Waals surface area contributed by atoms with Crippen molar-refractivity contribution in [1.29, 1.82) is 0 Å². The van der Waals surface area contributed by atoms with Crippen molar-refractivity contribution in [2.45, 2.75) is 13.5 Å². The smallest absolute Gasteiger partial charge is 0.338 e. The third-order valence-electron chi connectivity index (χ3n) is 4.15. The molecular weight excluding hydrogens is 342 g/mol. The van der Waals surface area contributed by atoms with Gasteiger partial charge in [0, 0.05) is 25.5 Å². The van der Waals surface area contributed by atoms with Crippen LogP contribution in [0.5, 0.6) is 0 Å². The van der Waals surface area contributed by atoms with E-state index in [9.17, 15) is 9.59 Å². The first-order valence-electron chi connectivity index (χ1n) is 8.76. The highest BCUT2D eigenvalue weighted by molar-refractivity contribution is 5.91. The Bertz CT molecular complexity index is 875. The van der Waals surface area contributed by atoms with E-state index in [-0.39, 0.29) is 12.5 Å². The number of ether oxygens (including phenoxy) is 1. The summed E-state index contributed by atoms with van der Waals surface area (Å²) in [5.41, 5.74) is 2.27. The number of hydrogen-bond acceptors (Lipinski definition) is 4. The van der Waals surface area contributed by atoms with Gasteiger partial charge < -0.3 is 9.64 Å². The maximum Gasteiger partial charge on any atom is 0.338 e. The molecule has 0 saturated carbocycles. The highest BCUT2D eigenvalue weighted by atomic mass is 16.5. The van der Waals surface area contributed by atoms with Crippen LogP contribution in [0.1, 0.15) is 22.8 Å². The highest BCUT2D eigenvalue weighted by Gasteiger charge is 2.15. The van der Waals surface area contributed by atoms with E-state index >= 15 is 0 Å². The van der Waals surface area contributed by atoms with Gasteiger partial charge in [-0.25, -0.2) is 9.48 Å². The summed E-state index contributed by atoms with van der Waals surface area (Å²) in [6, 6.07) is 18.4. The van der Waals surface area contributed by atoms with E-state index in [1.807, 2.05) is 49.5 Å². The lowest BCUT2D eigenvalue weighted by Gasteiger charge is -2.20. The zero-order valence-electron chi connectivity index (χ0n) is 15.1. The summed E-state index contributed by atoms with van der Waals surface area (Å²) < 4.78 is 6.88. The first-order valence-corrected chi connectivity index (χ1v) is 8.76. The molecule has 1 heterocycles. The Balaban J connectivity index is 1.55. The second-order valence-corrected chi connectivity index (χ2v) is 5.97. The first kappa shape index (κ1) is 18.4.